The van der Waals surface area contributed by atoms with Crippen LogP contribution in [0.25, 0.3) is 0 Å². The van der Waals surface area contributed by atoms with Gasteiger partial charge >= 0.3 is 0 Å². The zero-order valence-electron chi connectivity index (χ0n) is 8.67. The Balaban J connectivity index is 2.18. The standard InChI is InChI=1S/C10H9N3O2S2/c11-6-8-3-5-16-10(8)17(14,15)13-7-9-2-1-4-12-9/h1-5,12-13H,7H2. The molecular weight excluding hydrogens is 258 g/mol. The molecule has 2 rings (SSSR count). The van der Waals surface area contributed by atoms with E-state index in [-0.39, 0.29) is 16.3 Å². The average molecular weight is 267 g/mol. The van der Waals surface area contributed by atoms with Crippen molar-refractivity contribution in [3.63, 3.8) is 0 Å². The first-order chi connectivity index (χ1) is 8.13. The van der Waals surface area contributed by atoms with Crippen LogP contribution in [-0.2, 0) is 16.6 Å². The van der Waals surface area contributed by atoms with E-state index >= 15 is 0 Å². The fourth-order valence-electron chi connectivity index (χ4n) is 1.30. The Morgan fingerprint density at radius 2 is 2.29 bits per heavy atom. The Kier molecular flexibility index (Phi) is 3.28. The first kappa shape index (κ1) is 11.9. The summed E-state index contributed by atoms with van der Waals surface area (Å²) >= 11 is 1.04. The zero-order valence-corrected chi connectivity index (χ0v) is 10.3. The largest absolute Gasteiger partial charge is 0.364 e. The van der Waals surface area contributed by atoms with Crippen molar-refractivity contribution in [3.05, 3.63) is 41.0 Å². The van der Waals surface area contributed by atoms with E-state index in [1.165, 1.54) is 6.07 Å². The lowest BCUT2D eigenvalue weighted by molar-refractivity contribution is 0.582. The molecule has 0 amide bonds. The van der Waals surface area contributed by atoms with Gasteiger partial charge in [0, 0.05) is 11.9 Å². The SMILES string of the molecule is N#Cc1ccsc1S(=O)(=O)NCc1ccc[nH]1. The number of aromatic nitrogens is 1. The molecule has 0 unspecified atom stereocenters. The number of hydrogen-bond donors (Lipinski definition) is 2. The van der Waals surface area contributed by atoms with Crippen molar-refractivity contribution < 1.29 is 8.42 Å². The van der Waals surface area contributed by atoms with E-state index < -0.39 is 10.0 Å². The molecule has 0 aliphatic rings. The van der Waals surface area contributed by atoms with Crippen LogP contribution in [-0.4, -0.2) is 13.4 Å². The highest BCUT2D eigenvalue weighted by atomic mass is 32.2. The number of aromatic amines is 1. The molecule has 2 aromatic heterocycles. The normalized spacial score (nSPS) is 11.2. The lowest BCUT2D eigenvalue weighted by atomic mass is 10.4. The molecule has 0 bridgehead atoms. The predicted molar refractivity (Wildman–Crippen MR) is 63.9 cm³/mol. The van der Waals surface area contributed by atoms with Crippen molar-refractivity contribution in [2.24, 2.45) is 0 Å². The fraction of sp³-hybridized carbons (Fsp3) is 0.100. The smallest absolute Gasteiger partial charge is 0.251 e. The third kappa shape index (κ3) is 2.55. The second-order valence-corrected chi connectivity index (χ2v) is 6.13. The molecule has 17 heavy (non-hydrogen) atoms. The second kappa shape index (κ2) is 4.71. The quantitative estimate of drug-likeness (QED) is 0.878. The molecule has 0 spiro atoms. The fourth-order valence-corrected chi connectivity index (χ4v) is 3.60. The number of nitriles is 1. The summed E-state index contributed by atoms with van der Waals surface area (Å²) in [7, 11) is -3.61. The summed E-state index contributed by atoms with van der Waals surface area (Å²) in [6.45, 7) is 0.179. The van der Waals surface area contributed by atoms with E-state index in [1.54, 1.807) is 23.7 Å². The number of nitrogens with one attached hydrogen (secondary N) is 2. The van der Waals surface area contributed by atoms with Crippen molar-refractivity contribution in [3.8, 4) is 6.07 Å². The van der Waals surface area contributed by atoms with E-state index in [4.69, 9.17) is 5.26 Å². The van der Waals surface area contributed by atoms with E-state index in [0.717, 1.165) is 17.0 Å². The Morgan fingerprint density at radius 3 is 2.94 bits per heavy atom. The minimum Gasteiger partial charge on any atom is -0.364 e. The summed E-state index contributed by atoms with van der Waals surface area (Å²) in [4.78, 5) is 2.90. The second-order valence-electron chi connectivity index (χ2n) is 3.25. The van der Waals surface area contributed by atoms with Gasteiger partial charge in [0.1, 0.15) is 6.07 Å². The maximum Gasteiger partial charge on any atom is 0.251 e. The number of hydrogen-bond acceptors (Lipinski definition) is 4. The Labute approximate surface area is 103 Å². The van der Waals surface area contributed by atoms with Crippen LogP contribution < -0.4 is 4.72 Å². The molecule has 0 radical (unpaired) electrons. The van der Waals surface area contributed by atoms with Gasteiger partial charge in [0.25, 0.3) is 10.0 Å². The van der Waals surface area contributed by atoms with Crippen LogP contribution in [0.4, 0.5) is 0 Å². The summed E-state index contributed by atoms with van der Waals surface area (Å²) in [5, 5.41) is 10.4. The third-order valence-corrected chi connectivity index (χ3v) is 4.99. The molecule has 0 fully saturated rings. The van der Waals surface area contributed by atoms with Gasteiger partial charge in [-0.1, -0.05) is 0 Å². The Hall–Kier alpha value is -1.62. The van der Waals surface area contributed by atoms with Crippen LogP contribution in [0.3, 0.4) is 0 Å². The lowest BCUT2D eigenvalue weighted by Crippen LogP contribution is -2.23. The topological polar surface area (TPSA) is 85.8 Å². The molecule has 0 atom stereocenters. The summed E-state index contributed by atoms with van der Waals surface area (Å²) in [5.41, 5.74) is 0.942. The highest BCUT2D eigenvalue weighted by molar-refractivity contribution is 7.91. The molecule has 7 heteroatoms. The molecule has 0 aliphatic heterocycles. The van der Waals surface area contributed by atoms with Crippen molar-refractivity contribution in [1.29, 1.82) is 5.26 Å². The third-order valence-electron chi connectivity index (χ3n) is 2.11. The van der Waals surface area contributed by atoms with Crippen molar-refractivity contribution >= 4 is 21.4 Å². The van der Waals surface area contributed by atoms with Crippen LogP contribution in [0.15, 0.2) is 34.0 Å². The monoisotopic (exact) mass is 267 g/mol. The minimum absolute atomic E-state index is 0.0616. The number of rotatable bonds is 4. The summed E-state index contributed by atoms with van der Waals surface area (Å²) < 4.78 is 26.3. The molecule has 5 nitrogen and oxygen atoms in total. The molecule has 2 N–H and O–H groups in total. The predicted octanol–water partition coefficient (Wildman–Crippen LogP) is 1.43. The summed E-state index contributed by atoms with van der Waals surface area (Å²) in [5.74, 6) is 0. The van der Waals surface area contributed by atoms with Crippen molar-refractivity contribution in [2.75, 3.05) is 0 Å². The van der Waals surface area contributed by atoms with Crippen LogP contribution in [0, 0.1) is 11.3 Å². The van der Waals surface area contributed by atoms with Gasteiger partial charge in [0.2, 0.25) is 0 Å². The van der Waals surface area contributed by atoms with E-state index in [2.05, 4.69) is 9.71 Å². The van der Waals surface area contributed by atoms with Crippen LogP contribution in [0.2, 0.25) is 0 Å². The summed E-state index contributed by atoms with van der Waals surface area (Å²) in [6.07, 6.45) is 1.72. The van der Waals surface area contributed by atoms with Gasteiger partial charge < -0.3 is 4.98 Å². The first-order valence-electron chi connectivity index (χ1n) is 4.73. The van der Waals surface area contributed by atoms with E-state index in [9.17, 15) is 8.42 Å². The van der Waals surface area contributed by atoms with E-state index in [1.807, 2.05) is 6.07 Å². The van der Waals surface area contributed by atoms with Gasteiger partial charge in [0.15, 0.2) is 4.21 Å². The number of H-pyrrole nitrogens is 1. The van der Waals surface area contributed by atoms with Crippen molar-refractivity contribution in [1.82, 2.24) is 9.71 Å². The number of nitrogens with zero attached hydrogens (tertiary/aromatic N) is 1. The van der Waals surface area contributed by atoms with Crippen molar-refractivity contribution in [2.45, 2.75) is 10.8 Å². The molecule has 2 heterocycles. The zero-order chi connectivity index (χ0) is 12.3. The van der Waals surface area contributed by atoms with Crippen LogP contribution in [0.5, 0.6) is 0 Å². The number of thiophene rings is 1. The maximum absolute atomic E-state index is 11.9. The molecule has 0 saturated heterocycles. The molecule has 0 aliphatic carbocycles. The van der Waals surface area contributed by atoms with Gasteiger partial charge in [-0.2, -0.15) is 5.26 Å². The molecule has 0 saturated carbocycles. The minimum atomic E-state index is -3.61. The highest BCUT2D eigenvalue weighted by Gasteiger charge is 2.19. The lowest BCUT2D eigenvalue weighted by Gasteiger charge is -2.03. The average Bonchev–Trinajstić information content (AvgIpc) is 2.97. The molecular formula is C10H9N3O2S2. The van der Waals surface area contributed by atoms with Crippen LogP contribution >= 0.6 is 11.3 Å². The van der Waals surface area contributed by atoms with Gasteiger partial charge in [0.05, 0.1) is 12.1 Å². The maximum atomic E-state index is 11.9. The Morgan fingerprint density at radius 1 is 1.47 bits per heavy atom. The molecule has 2 aromatic rings. The molecule has 88 valence electrons. The highest BCUT2D eigenvalue weighted by Crippen LogP contribution is 2.21. The first-order valence-corrected chi connectivity index (χ1v) is 7.09. The summed E-state index contributed by atoms with van der Waals surface area (Å²) in [6, 6.07) is 6.92. The van der Waals surface area contributed by atoms with Gasteiger partial charge in [-0.25, -0.2) is 13.1 Å². The molecule has 0 aromatic carbocycles. The van der Waals surface area contributed by atoms with Crippen LogP contribution in [0.1, 0.15) is 11.3 Å². The van der Waals surface area contributed by atoms with Gasteiger partial charge in [-0.05, 0) is 23.6 Å². The van der Waals surface area contributed by atoms with Gasteiger partial charge in [-0.15, -0.1) is 11.3 Å². The number of sulfonamides is 1. The van der Waals surface area contributed by atoms with E-state index in [0.29, 0.717) is 0 Å². The Bertz CT molecular complexity index is 635. The van der Waals surface area contributed by atoms with Gasteiger partial charge in [-0.3, -0.25) is 0 Å².